The highest BCUT2D eigenvalue weighted by atomic mass is 32.2. The number of carbonyl (C=O) groups excluding carboxylic acids is 1. The third-order valence-electron chi connectivity index (χ3n) is 3.95. The van der Waals surface area contributed by atoms with Crippen LogP contribution in [-0.2, 0) is 10.2 Å². The monoisotopic (exact) mass is 425 g/mol. The first-order chi connectivity index (χ1) is 13.0. The van der Waals surface area contributed by atoms with Crippen LogP contribution in [0.25, 0.3) is 0 Å². The summed E-state index contributed by atoms with van der Waals surface area (Å²) < 4.78 is 68.1. The average molecular weight is 425 g/mol. The van der Waals surface area contributed by atoms with Gasteiger partial charge in [0.15, 0.2) is 6.61 Å². The van der Waals surface area contributed by atoms with E-state index >= 15 is 0 Å². The van der Waals surface area contributed by atoms with Crippen molar-refractivity contribution in [3.8, 4) is 5.88 Å². The van der Waals surface area contributed by atoms with Crippen molar-refractivity contribution in [1.82, 2.24) is 18.9 Å². The average Bonchev–Trinajstić information content (AvgIpc) is 2.60. The maximum atomic E-state index is 12.3. The van der Waals surface area contributed by atoms with Crippen molar-refractivity contribution in [3.63, 3.8) is 0 Å². The van der Waals surface area contributed by atoms with Gasteiger partial charge in [0.1, 0.15) is 0 Å². The molecule has 1 aliphatic rings. The topological polar surface area (TPSA) is 104 Å². The lowest BCUT2D eigenvalue weighted by Gasteiger charge is -2.32. The molecule has 0 aliphatic carbocycles. The summed E-state index contributed by atoms with van der Waals surface area (Å²) in [5.41, 5.74) is 0.305. The standard InChI is InChI=1S/C15H22F3N5O4S/c1-22(2)28(25,26)21-11-5-7-23(8-6-11)14(24)20-12-3-4-13(19-9-12)27-10-15(16,17)18/h3-4,9,11,21H,5-8,10H2,1-2H3,(H,20,24). The first-order valence-corrected chi connectivity index (χ1v) is 9.81. The van der Waals surface area contributed by atoms with Crippen LogP contribution < -0.4 is 14.8 Å². The molecular formula is C15H22F3N5O4S. The summed E-state index contributed by atoms with van der Waals surface area (Å²) in [6, 6.07) is 1.95. The van der Waals surface area contributed by atoms with Gasteiger partial charge < -0.3 is 15.0 Å². The van der Waals surface area contributed by atoms with Crippen LogP contribution in [-0.4, -0.2) is 74.6 Å². The molecular weight excluding hydrogens is 403 g/mol. The van der Waals surface area contributed by atoms with Gasteiger partial charge in [0.25, 0.3) is 10.2 Å². The molecule has 0 atom stereocenters. The number of likely N-dealkylation sites (tertiary alicyclic amines) is 1. The number of nitrogens with zero attached hydrogens (tertiary/aromatic N) is 3. The molecule has 1 aromatic heterocycles. The zero-order valence-corrected chi connectivity index (χ0v) is 16.2. The van der Waals surface area contributed by atoms with E-state index < -0.39 is 29.0 Å². The SMILES string of the molecule is CN(C)S(=O)(=O)NC1CCN(C(=O)Nc2ccc(OCC(F)(F)F)nc2)CC1. The van der Waals surface area contributed by atoms with E-state index in [1.54, 1.807) is 0 Å². The maximum absolute atomic E-state index is 12.3. The third kappa shape index (κ3) is 6.80. The fraction of sp³-hybridized carbons (Fsp3) is 0.600. The predicted molar refractivity (Wildman–Crippen MR) is 95.1 cm³/mol. The predicted octanol–water partition coefficient (Wildman–Crippen LogP) is 1.41. The Labute approximate surface area is 161 Å². The van der Waals surface area contributed by atoms with Crippen molar-refractivity contribution in [2.45, 2.75) is 25.1 Å². The number of ether oxygens (including phenoxy) is 1. The number of aromatic nitrogens is 1. The van der Waals surface area contributed by atoms with Gasteiger partial charge >= 0.3 is 12.2 Å². The van der Waals surface area contributed by atoms with Gasteiger partial charge in [0.2, 0.25) is 5.88 Å². The van der Waals surface area contributed by atoms with Gasteiger partial charge in [-0.25, -0.2) is 9.78 Å². The number of hydrogen-bond acceptors (Lipinski definition) is 5. The van der Waals surface area contributed by atoms with E-state index in [4.69, 9.17) is 0 Å². The zero-order chi connectivity index (χ0) is 20.9. The summed E-state index contributed by atoms with van der Waals surface area (Å²) in [5, 5.41) is 2.59. The molecule has 0 bridgehead atoms. The zero-order valence-electron chi connectivity index (χ0n) is 15.4. The van der Waals surface area contributed by atoms with E-state index in [2.05, 4.69) is 19.8 Å². The minimum Gasteiger partial charge on any atom is -0.468 e. The molecule has 0 unspecified atom stereocenters. The van der Waals surface area contributed by atoms with Crippen LogP contribution in [0.5, 0.6) is 5.88 Å². The second-order valence-electron chi connectivity index (χ2n) is 6.39. The lowest BCUT2D eigenvalue weighted by atomic mass is 10.1. The first kappa shape index (κ1) is 22.2. The van der Waals surface area contributed by atoms with Crippen molar-refractivity contribution >= 4 is 21.9 Å². The Morgan fingerprint density at radius 2 is 1.96 bits per heavy atom. The van der Waals surface area contributed by atoms with E-state index in [1.165, 1.54) is 37.3 Å². The first-order valence-electron chi connectivity index (χ1n) is 8.37. The molecule has 0 radical (unpaired) electrons. The van der Waals surface area contributed by atoms with Crippen molar-refractivity contribution in [2.24, 2.45) is 0 Å². The Bertz CT molecular complexity index is 763. The molecule has 1 aliphatic heterocycles. The van der Waals surface area contributed by atoms with Crippen LogP contribution >= 0.6 is 0 Å². The number of halogens is 3. The lowest BCUT2D eigenvalue weighted by molar-refractivity contribution is -0.154. The quantitative estimate of drug-likeness (QED) is 0.717. The Morgan fingerprint density at radius 1 is 1.32 bits per heavy atom. The van der Waals surface area contributed by atoms with Crippen molar-refractivity contribution in [3.05, 3.63) is 18.3 Å². The van der Waals surface area contributed by atoms with Gasteiger partial charge in [-0.1, -0.05) is 0 Å². The van der Waals surface area contributed by atoms with E-state index in [-0.39, 0.29) is 11.9 Å². The van der Waals surface area contributed by atoms with Gasteiger partial charge in [-0.15, -0.1) is 0 Å². The fourth-order valence-corrected chi connectivity index (χ4v) is 3.28. The molecule has 13 heteroatoms. The molecule has 1 fully saturated rings. The van der Waals surface area contributed by atoms with Crippen LogP contribution in [0.15, 0.2) is 18.3 Å². The molecule has 1 aromatic rings. The molecule has 158 valence electrons. The number of carbonyl (C=O) groups is 1. The highest BCUT2D eigenvalue weighted by Crippen LogP contribution is 2.19. The van der Waals surface area contributed by atoms with Crippen molar-refractivity contribution < 1.29 is 31.1 Å². The molecule has 28 heavy (non-hydrogen) atoms. The molecule has 2 amide bonds. The number of urea groups is 1. The number of anilines is 1. The third-order valence-corrected chi connectivity index (χ3v) is 5.54. The van der Waals surface area contributed by atoms with Crippen LogP contribution in [0.4, 0.5) is 23.7 Å². The highest BCUT2D eigenvalue weighted by molar-refractivity contribution is 7.87. The molecule has 2 rings (SSSR count). The second-order valence-corrected chi connectivity index (χ2v) is 8.30. The lowest BCUT2D eigenvalue weighted by Crippen LogP contribution is -2.49. The molecule has 0 spiro atoms. The summed E-state index contributed by atoms with van der Waals surface area (Å²) >= 11 is 0. The molecule has 2 heterocycles. The molecule has 0 aromatic carbocycles. The number of piperidine rings is 1. The number of hydrogen-bond donors (Lipinski definition) is 2. The highest BCUT2D eigenvalue weighted by Gasteiger charge is 2.29. The Kier molecular flexibility index (Phi) is 7.06. The van der Waals surface area contributed by atoms with E-state index in [0.29, 0.717) is 31.6 Å². The minimum absolute atomic E-state index is 0.204. The maximum Gasteiger partial charge on any atom is 0.422 e. The Hall–Kier alpha value is -2.12. The molecule has 0 saturated carbocycles. The van der Waals surface area contributed by atoms with Crippen LogP contribution in [0.2, 0.25) is 0 Å². The van der Waals surface area contributed by atoms with E-state index in [1.807, 2.05) is 0 Å². The largest absolute Gasteiger partial charge is 0.468 e. The Morgan fingerprint density at radius 3 is 2.46 bits per heavy atom. The normalized spacial score (nSPS) is 16.3. The summed E-state index contributed by atoms with van der Waals surface area (Å²) in [5.74, 6) is -0.204. The van der Waals surface area contributed by atoms with Gasteiger partial charge in [-0.2, -0.15) is 30.6 Å². The smallest absolute Gasteiger partial charge is 0.422 e. The van der Waals surface area contributed by atoms with Gasteiger partial charge in [-0.3, -0.25) is 0 Å². The van der Waals surface area contributed by atoms with Gasteiger partial charge in [0.05, 0.1) is 11.9 Å². The summed E-state index contributed by atoms with van der Waals surface area (Å²) in [6.45, 7) is -0.739. The molecule has 1 saturated heterocycles. The number of pyridine rings is 1. The Balaban J connectivity index is 1.81. The van der Waals surface area contributed by atoms with Crippen LogP contribution in [0, 0.1) is 0 Å². The van der Waals surface area contributed by atoms with Crippen molar-refractivity contribution in [2.75, 3.05) is 39.1 Å². The van der Waals surface area contributed by atoms with Gasteiger partial charge in [-0.05, 0) is 18.9 Å². The fourth-order valence-electron chi connectivity index (χ4n) is 2.41. The van der Waals surface area contributed by atoms with E-state index in [9.17, 15) is 26.4 Å². The number of alkyl halides is 3. The van der Waals surface area contributed by atoms with E-state index in [0.717, 1.165) is 4.31 Å². The second kappa shape index (κ2) is 8.92. The van der Waals surface area contributed by atoms with Crippen LogP contribution in [0.1, 0.15) is 12.8 Å². The summed E-state index contributed by atoms with van der Waals surface area (Å²) in [4.78, 5) is 17.5. The number of amides is 2. The number of nitrogens with one attached hydrogen (secondary N) is 2. The molecule has 9 nitrogen and oxygen atoms in total. The van der Waals surface area contributed by atoms with Crippen LogP contribution in [0.3, 0.4) is 0 Å². The summed E-state index contributed by atoms with van der Waals surface area (Å²) in [7, 11) is -0.671. The summed E-state index contributed by atoms with van der Waals surface area (Å²) in [6.07, 6.45) is -2.34. The molecule has 2 N–H and O–H groups in total. The van der Waals surface area contributed by atoms with Gasteiger partial charge in [0, 0.05) is 39.3 Å². The van der Waals surface area contributed by atoms with Crippen molar-refractivity contribution in [1.29, 1.82) is 0 Å². The number of rotatable bonds is 6. The minimum atomic E-state index is -4.46.